The normalized spacial score (nSPS) is 10.6. The maximum absolute atomic E-state index is 10.4. The first kappa shape index (κ1) is 10.8. The molecule has 2 aromatic rings. The average molecular weight is 238 g/mol. The van der Waals surface area contributed by atoms with Gasteiger partial charge in [-0.1, -0.05) is 6.92 Å². The van der Waals surface area contributed by atoms with Crippen LogP contribution < -0.4 is 4.74 Å². The molecule has 16 heavy (non-hydrogen) atoms. The Hall–Kier alpha value is -1.69. The van der Waals surface area contributed by atoms with E-state index < -0.39 is 5.97 Å². The summed E-state index contributed by atoms with van der Waals surface area (Å²) < 4.78 is 5.09. The highest BCUT2D eigenvalue weighted by Gasteiger charge is 2.10. The van der Waals surface area contributed by atoms with Gasteiger partial charge in [-0.25, -0.2) is 14.8 Å². The fourth-order valence-corrected chi connectivity index (χ4v) is 2.23. The lowest BCUT2D eigenvalue weighted by atomic mass is 10.3. The summed E-state index contributed by atoms with van der Waals surface area (Å²) in [5, 5.41) is 9.32. The minimum absolute atomic E-state index is 0.336. The van der Waals surface area contributed by atoms with Crippen molar-refractivity contribution >= 4 is 27.5 Å². The van der Waals surface area contributed by atoms with Crippen molar-refractivity contribution in [1.29, 1.82) is 0 Å². The molecule has 0 fully saturated rings. The summed E-state index contributed by atoms with van der Waals surface area (Å²) in [5.74, 6) is -0.680. The highest BCUT2D eigenvalue weighted by molar-refractivity contribution is 7.18. The van der Waals surface area contributed by atoms with Gasteiger partial charge in [0.05, 0.1) is 5.39 Å². The van der Waals surface area contributed by atoms with E-state index in [9.17, 15) is 4.79 Å². The van der Waals surface area contributed by atoms with Gasteiger partial charge in [-0.2, -0.15) is 0 Å². The molecule has 2 aromatic heterocycles. The number of nitrogens with zero attached hydrogens (tertiary/aromatic N) is 2. The number of aryl methyl sites for hydroxylation is 1. The van der Waals surface area contributed by atoms with E-state index in [0.717, 1.165) is 16.6 Å². The lowest BCUT2D eigenvalue weighted by molar-refractivity contribution is -0.139. The number of ether oxygens (including phenoxy) is 1. The summed E-state index contributed by atoms with van der Waals surface area (Å²) in [5.41, 5.74) is 0. The number of aliphatic carboxylic acids is 1. The lowest BCUT2D eigenvalue weighted by Gasteiger charge is -2.01. The topological polar surface area (TPSA) is 72.3 Å². The minimum atomic E-state index is -1.02. The second kappa shape index (κ2) is 4.44. The molecule has 0 amide bonds. The molecule has 0 atom stereocenters. The van der Waals surface area contributed by atoms with Crippen LogP contribution in [-0.4, -0.2) is 27.7 Å². The molecular formula is C10H10N2O3S. The van der Waals surface area contributed by atoms with Gasteiger partial charge in [-0.3, -0.25) is 0 Å². The van der Waals surface area contributed by atoms with Crippen LogP contribution >= 0.6 is 11.3 Å². The minimum Gasteiger partial charge on any atom is -0.479 e. The van der Waals surface area contributed by atoms with Crippen LogP contribution in [0.25, 0.3) is 10.2 Å². The fourth-order valence-electron chi connectivity index (χ4n) is 1.30. The van der Waals surface area contributed by atoms with E-state index in [2.05, 4.69) is 16.9 Å². The predicted octanol–water partition coefficient (Wildman–Crippen LogP) is 1.72. The van der Waals surface area contributed by atoms with Gasteiger partial charge in [0.1, 0.15) is 11.2 Å². The summed E-state index contributed by atoms with van der Waals surface area (Å²) in [6.45, 7) is 1.67. The smallest absolute Gasteiger partial charge is 0.341 e. The van der Waals surface area contributed by atoms with Crippen LogP contribution in [0, 0.1) is 0 Å². The Labute approximate surface area is 95.7 Å². The van der Waals surface area contributed by atoms with Gasteiger partial charge in [0.2, 0.25) is 5.88 Å². The Morgan fingerprint density at radius 1 is 1.56 bits per heavy atom. The van der Waals surface area contributed by atoms with Crippen molar-refractivity contribution in [1.82, 2.24) is 9.97 Å². The van der Waals surface area contributed by atoms with Crippen molar-refractivity contribution in [3.8, 4) is 5.88 Å². The quantitative estimate of drug-likeness (QED) is 0.878. The third-order valence-corrected chi connectivity index (χ3v) is 3.21. The Bertz CT molecular complexity index is 524. The number of hydrogen-bond acceptors (Lipinski definition) is 5. The molecule has 2 heterocycles. The SMILES string of the molecule is CCc1cc2c(OCC(=O)O)ncnc2s1. The number of rotatable bonds is 4. The highest BCUT2D eigenvalue weighted by atomic mass is 32.1. The molecule has 0 aliphatic rings. The molecular weight excluding hydrogens is 228 g/mol. The molecule has 0 unspecified atom stereocenters. The van der Waals surface area contributed by atoms with Crippen LogP contribution in [0.2, 0.25) is 0 Å². The van der Waals surface area contributed by atoms with E-state index in [1.165, 1.54) is 11.2 Å². The number of thiophene rings is 1. The Balaban J connectivity index is 2.36. The molecule has 5 nitrogen and oxygen atoms in total. The summed E-state index contributed by atoms with van der Waals surface area (Å²) in [7, 11) is 0. The molecule has 84 valence electrons. The molecule has 0 radical (unpaired) electrons. The van der Waals surface area contributed by atoms with E-state index >= 15 is 0 Å². The van der Waals surface area contributed by atoms with Gasteiger partial charge in [0, 0.05) is 4.88 Å². The van der Waals surface area contributed by atoms with Crippen molar-refractivity contribution in [2.45, 2.75) is 13.3 Å². The predicted molar refractivity (Wildman–Crippen MR) is 59.9 cm³/mol. The molecule has 1 N–H and O–H groups in total. The number of hydrogen-bond donors (Lipinski definition) is 1. The van der Waals surface area contributed by atoms with Crippen LogP contribution in [0.5, 0.6) is 5.88 Å². The van der Waals surface area contributed by atoms with Gasteiger partial charge in [0.25, 0.3) is 0 Å². The van der Waals surface area contributed by atoms with E-state index in [-0.39, 0.29) is 6.61 Å². The highest BCUT2D eigenvalue weighted by Crippen LogP contribution is 2.29. The van der Waals surface area contributed by atoms with Gasteiger partial charge in [0.15, 0.2) is 6.61 Å². The Kier molecular flexibility index (Phi) is 3.00. The van der Waals surface area contributed by atoms with Gasteiger partial charge >= 0.3 is 5.97 Å². The molecule has 0 saturated heterocycles. The summed E-state index contributed by atoms with van der Waals surface area (Å²) in [6, 6.07) is 1.94. The molecule has 0 aromatic carbocycles. The molecule has 0 bridgehead atoms. The number of carboxylic acid groups (broad SMARTS) is 1. The lowest BCUT2D eigenvalue weighted by Crippen LogP contribution is -2.10. The van der Waals surface area contributed by atoms with Crippen LogP contribution in [0.4, 0.5) is 0 Å². The third-order valence-electron chi connectivity index (χ3n) is 2.02. The van der Waals surface area contributed by atoms with Crippen molar-refractivity contribution in [3.05, 3.63) is 17.3 Å². The first-order chi connectivity index (χ1) is 7.70. The van der Waals surface area contributed by atoms with E-state index in [1.807, 2.05) is 6.07 Å². The number of fused-ring (bicyclic) bond motifs is 1. The van der Waals surface area contributed by atoms with E-state index in [0.29, 0.717) is 5.88 Å². The number of carbonyl (C=O) groups is 1. The number of aromatic nitrogens is 2. The number of carboxylic acids is 1. The maximum Gasteiger partial charge on any atom is 0.341 e. The van der Waals surface area contributed by atoms with Gasteiger partial charge < -0.3 is 9.84 Å². The summed E-state index contributed by atoms with van der Waals surface area (Å²) in [4.78, 5) is 20.5. The summed E-state index contributed by atoms with van der Waals surface area (Å²) >= 11 is 1.57. The molecule has 6 heteroatoms. The third kappa shape index (κ3) is 2.11. The van der Waals surface area contributed by atoms with Crippen molar-refractivity contribution in [3.63, 3.8) is 0 Å². The summed E-state index contributed by atoms with van der Waals surface area (Å²) in [6.07, 6.45) is 2.30. The van der Waals surface area contributed by atoms with Crippen molar-refractivity contribution in [2.75, 3.05) is 6.61 Å². The molecule has 0 saturated carbocycles. The van der Waals surface area contributed by atoms with Gasteiger partial charge in [-0.05, 0) is 12.5 Å². The molecule has 0 aliphatic carbocycles. The monoisotopic (exact) mass is 238 g/mol. The molecule has 2 rings (SSSR count). The second-order valence-electron chi connectivity index (χ2n) is 3.15. The Morgan fingerprint density at radius 3 is 3.06 bits per heavy atom. The first-order valence-electron chi connectivity index (χ1n) is 4.78. The van der Waals surface area contributed by atoms with E-state index in [4.69, 9.17) is 9.84 Å². The molecule has 0 aliphatic heterocycles. The largest absolute Gasteiger partial charge is 0.479 e. The van der Waals surface area contributed by atoms with E-state index in [1.54, 1.807) is 11.3 Å². The zero-order valence-corrected chi connectivity index (χ0v) is 9.45. The standard InChI is InChI=1S/C10H10N2O3S/c1-2-6-3-7-9(15-4-8(13)14)11-5-12-10(7)16-6/h3,5H,2,4H2,1H3,(H,13,14). The zero-order chi connectivity index (χ0) is 11.5. The average Bonchev–Trinajstić information content (AvgIpc) is 2.69. The van der Waals surface area contributed by atoms with Gasteiger partial charge in [-0.15, -0.1) is 11.3 Å². The fraction of sp³-hybridized carbons (Fsp3) is 0.300. The Morgan fingerprint density at radius 2 is 2.38 bits per heavy atom. The zero-order valence-electron chi connectivity index (χ0n) is 8.64. The van der Waals surface area contributed by atoms with Crippen LogP contribution in [0.15, 0.2) is 12.4 Å². The molecule has 0 spiro atoms. The van der Waals surface area contributed by atoms with Crippen LogP contribution in [-0.2, 0) is 11.2 Å². The first-order valence-corrected chi connectivity index (χ1v) is 5.60. The van der Waals surface area contributed by atoms with Crippen molar-refractivity contribution < 1.29 is 14.6 Å². The van der Waals surface area contributed by atoms with Crippen molar-refractivity contribution in [2.24, 2.45) is 0 Å². The van der Waals surface area contributed by atoms with Crippen LogP contribution in [0.3, 0.4) is 0 Å². The van der Waals surface area contributed by atoms with Crippen LogP contribution in [0.1, 0.15) is 11.8 Å². The maximum atomic E-state index is 10.4. The second-order valence-corrected chi connectivity index (χ2v) is 4.26.